The third-order valence-corrected chi connectivity index (χ3v) is 3.30. The molecule has 6 heteroatoms. The lowest BCUT2D eigenvalue weighted by molar-refractivity contribution is -0.122. The summed E-state index contributed by atoms with van der Waals surface area (Å²) in [6.45, 7) is 1.19. The van der Waals surface area contributed by atoms with E-state index in [9.17, 15) is 9.59 Å². The lowest BCUT2D eigenvalue weighted by atomic mass is 9.98. The summed E-state index contributed by atoms with van der Waals surface area (Å²) in [7, 11) is 0. The quantitative estimate of drug-likeness (QED) is 0.483. The van der Waals surface area contributed by atoms with E-state index in [0.29, 0.717) is 26.1 Å². The zero-order valence-electron chi connectivity index (χ0n) is 12.6. The van der Waals surface area contributed by atoms with E-state index >= 15 is 0 Å². The highest BCUT2D eigenvalue weighted by atomic mass is 16.7. The Morgan fingerprint density at radius 2 is 1.82 bits per heavy atom. The molecule has 0 aliphatic carbocycles. The zero-order valence-corrected chi connectivity index (χ0v) is 12.6. The van der Waals surface area contributed by atoms with Crippen LogP contribution >= 0.6 is 0 Å². The molecule has 0 aliphatic rings. The van der Waals surface area contributed by atoms with Gasteiger partial charge in [0.25, 0.3) is 0 Å². The van der Waals surface area contributed by atoms with E-state index in [1.807, 2.05) is 30.3 Å². The molecule has 1 rings (SSSR count). The van der Waals surface area contributed by atoms with Gasteiger partial charge in [0, 0.05) is 12.5 Å². The molecule has 0 fully saturated rings. The van der Waals surface area contributed by atoms with Crippen molar-refractivity contribution in [2.24, 2.45) is 11.7 Å². The molecular weight excluding hydrogens is 286 g/mol. The van der Waals surface area contributed by atoms with Crippen molar-refractivity contribution in [1.29, 1.82) is 0 Å². The van der Waals surface area contributed by atoms with Gasteiger partial charge in [0.15, 0.2) is 0 Å². The number of rotatable bonds is 11. The van der Waals surface area contributed by atoms with Crippen molar-refractivity contribution in [3.05, 3.63) is 35.9 Å². The van der Waals surface area contributed by atoms with Gasteiger partial charge in [-0.05, 0) is 24.8 Å². The van der Waals surface area contributed by atoms with Gasteiger partial charge in [-0.1, -0.05) is 36.8 Å². The number of benzene rings is 1. The normalized spacial score (nSPS) is 11.8. The fourth-order valence-corrected chi connectivity index (χ4v) is 2.08. The lowest BCUT2D eigenvalue weighted by Gasteiger charge is -2.12. The number of carboxylic acid groups (broad SMARTS) is 1. The van der Waals surface area contributed by atoms with Crippen LogP contribution in [-0.4, -0.2) is 30.4 Å². The third-order valence-electron chi connectivity index (χ3n) is 3.30. The Morgan fingerprint density at radius 3 is 2.45 bits per heavy atom. The van der Waals surface area contributed by atoms with Gasteiger partial charge in [-0.15, -0.1) is 0 Å². The molecule has 122 valence electrons. The van der Waals surface area contributed by atoms with Gasteiger partial charge in [-0.2, -0.15) is 0 Å². The summed E-state index contributed by atoms with van der Waals surface area (Å²) in [6, 6.07) is 9.91. The van der Waals surface area contributed by atoms with E-state index in [-0.39, 0.29) is 12.5 Å². The predicted molar refractivity (Wildman–Crippen MR) is 81.2 cm³/mol. The standard InChI is InChI=1S/C16H23NO5/c17-15(18)14(9-11-22-16(19)20)8-4-5-10-21-12-13-6-2-1-3-7-13/h1-3,6-7,14H,4-5,8-12H2,(H2,17,18)(H,19,20). The minimum atomic E-state index is -1.34. The van der Waals surface area contributed by atoms with Crippen molar-refractivity contribution >= 4 is 12.1 Å². The molecule has 0 spiro atoms. The summed E-state index contributed by atoms with van der Waals surface area (Å²) >= 11 is 0. The van der Waals surface area contributed by atoms with Crippen molar-refractivity contribution in [3.63, 3.8) is 0 Å². The van der Waals surface area contributed by atoms with Crippen LogP contribution in [0.2, 0.25) is 0 Å². The topological polar surface area (TPSA) is 98.9 Å². The van der Waals surface area contributed by atoms with Gasteiger partial charge < -0.3 is 20.3 Å². The predicted octanol–water partition coefficient (Wildman–Crippen LogP) is 2.56. The van der Waals surface area contributed by atoms with Crippen LogP contribution < -0.4 is 5.73 Å². The van der Waals surface area contributed by atoms with Crippen LogP contribution in [-0.2, 0) is 20.9 Å². The summed E-state index contributed by atoms with van der Waals surface area (Å²) < 4.78 is 9.96. The molecular formula is C16H23NO5. The zero-order chi connectivity index (χ0) is 16.2. The second-order valence-electron chi connectivity index (χ2n) is 5.04. The Kier molecular flexibility index (Phi) is 8.67. The van der Waals surface area contributed by atoms with Crippen LogP contribution in [0.3, 0.4) is 0 Å². The van der Waals surface area contributed by atoms with E-state index in [4.69, 9.17) is 15.6 Å². The molecule has 1 atom stereocenters. The maximum Gasteiger partial charge on any atom is 0.505 e. The fourth-order valence-electron chi connectivity index (χ4n) is 2.08. The Balaban J connectivity index is 2.10. The SMILES string of the molecule is NC(=O)C(CCCCOCc1ccccc1)CCOC(=O)O. The molecule has 0 aliphatic heterocycles. The van der Waals surface area contributed by atoms with Crippen LogP contribution in [0.1, 0.15) is 31.2 Å². The number of carbonyl (C=O) groups is 2. The monoisotopic (exact) mass is 309 g/mol. The van der Waals surface area contributed by atoms with Crippen molar-refractivity contribution in [2.45, 2.75) is 32.3 Å². The van der Waals surface area contributed by atoms with E-state index in [2.05, 4.69) is 4.74 Å². The van der Waals surface area contributed by atoms with Gasteiger partial charge in [0.2, 0.25) is 5.91 Å². The summed E-state index contributed by atoms with van der Waals surface area (Å²) in [5, 5.41) is 8.38. The largest absolute Gasteiger partial charge is 0.505 e. The number of hydrogen-bond donors (Lipinski definition) is 2. The van der Waals surface area contributed by atoms with Crippen LogP contribution in [0.15, 0.2) is 30.3 Å². The number of nitrogens with two attached hydrogens (primary N) is 1. The summed E-state index contributed by atoms with van der Waals surface area (Å²) in [6.07, 6.45) is 1.24. The van der Waals surface area contributed by atoms with Crippen LogP contribution in [0, 0.1) is 5.92 Å². The first-order valence-electron chi connectivity index (χ1n) is 7.36. The van der Waals surface area contributed by atoms with Crippen molar-refractivity contribution in [3.8, 4) is 0 Å². The second-order valence-corrected chi connectivity index (χ2v) is 5.04. The molecule has 22 heavy (non-hydrogen) atoms. The number of primary amides is 1. The Morgan fingerprint density at radius 1 is 1.09 bits per heavy atom. The Bertz CT molecular complexity index is 449. The number of unbranched alkanes of at least 4 members (excludes halogenated alkanes) is 1. The molecule has 0 aromatic heterocycles. The first-order chi connectivity index (χ1) is 10.6. The molecule has 1 aromatic rings. The summed E-state index contributed by atoms with van der Waals surface area (Å²) in [5.41, 5.74) is 6.43. The highest BCUT2D eigenvalue weighted by Crippen LogP contribution is 2.13. The molecule has 0 saturated carbocycles. The number of hydrogen-bond acceptors (Lipinski definition) is 4. The molecule has 1 unspecified atom stereocenters. The minimum Gasteiger partial charge on any atom is -0.450 e. The highest BCUT2D eigenvalue weighted by Gasteiger charge is 2.15. The van der Waals surface area contributed by atoms with Gasteiger partial charge in [0.05, 0.1) is 13.2 Å². The maximum atomic E-state index is 11.3. The van der Waals surface area contributed by atoms with Gasteiger partial charge in [0.1, 0.15) is 0 Å². The van der Waals surface area contributed by atoms with E-state index in [1.54, 1.807) is 0 Å². The molecule has 1 amide bonds. The van der Waals surface area contributed by atoms with E-state index < -0.39 is 12.1 Å². The molecule has 6 nitrogen and oxygen atoms in total. The van der Waals surface area contributed by atoms with Gasteiger partial charge in [-0.25, -0.2) is 4.79 Å². The second kappa shape index (κ2) is 10.6. The smallest absolute Gasteiger partial charge is 0.450 e. The number of carbonyl (C=O) groups excluding carboxylic acids is 1. The average Bonchev–Trinajstić information content (AvgIpc) is 2.49. The van der Waals surface area contributed by atoms with Crippen molar-refractivity contribution < 1.29 is 24.2 Å². The molecule has 0 saturated heterocycles. The van der Waals surface area contributed by atoms with Gasteiger partial charge >= 0.3 is 6.16 Å². The Labute approximate surface area is 130 Å². The average molecular weight is 309 g/mol. The molecule has 1 aromatic carbocycles. The van der Waals surface area contributed by atoms with Crippen LogP contribution in [0.4, 0.5) is 4.79 Å². The first kappa shape index (κ1) is 18.0. The third kappa shape index (κ3) is 8.26. The molecule has 0 heterocycles. The van der Waals surface area contributed by atoms with Crippen molar-refractivity contribution in [1.82, 2.24) is 0 Å². The van der Waals surface area contributed by atoms with Crippen molar-refractivity contribution in [2.75, 3.05) is 13.2 Å². The minimum absolute atomic E-state index is 0.00650. The highest BCUT2D eigenvalue weighted by molar-refractivity contribution is 5.76. The van der Waals surface area contributed by atoms with E-state index in [0.717, 1.165) is 18.4 Å². The molecule has 3 N–H and O–H groups in total. The summed E-state index contributed by atoms with van der Waals surface area (Å²) in [4.78, 5) is 21.5. The Hall–Kier alpha value is -2.08. The van der Waals surface area contributed by atoms with Crippen LogP contribution in [0.25, 0.3) is 0 Å². The molecule has 0 bridgehead atoms. The maximum absolute atomic E-state index is 11.3. The number of ether oxygens (including phenoxy) is 2. The first-order valence-corrected chi connectivity index (χ1v) is 7.36. The molecule has 0 radical (unpaired) electrons. The fraction of sp³-hybridized carbons (Fsp3) is 0.500. The number of amides is 1. The van der Waals surface area contributed by atoms with E-state index in [1.165, 1.54) is 0 Å². The van der Waals surface area contributed by atoms with Crippen LogP contribution in [0.5, 0.6) is 0 Å². The summed E-state index contributed by atoms with van der Waals surface area (Å²) in [5.74, 6) is -0.771. The van der Waals surface area contributed by atoms with Gasteiger partial charge in [-0.3, -0.25) is 4.79 Å². The lowest BCUT2D eigenvalue weighted by Crippen LogP contribution is -2.25.